The predicted octanol–water partition coefficient (Wildman–Crippen LogP) is 3.55. The Bertz CT molecular complexity index is 576. The number of aromatic nitrogens is 1. The zero-order chi connectivity index (χ0) is 13.2. The Kier molecular flexibility index (Phi) is 6.62. The van der Waals surface area contributed by atoms with Gasteiger partial charge in [0.05, 0.1) is 12.7 Å². The first-order valence-corrected chi connectivity index (χ1v) is 6.66. The molecule has 2 aromatic rings. The van der Waals surface area contributed by atoms with Crippen molar-refractivity contribution in [3.63, 3.8) is 0 Å². The third-order valence-electron chi connectivity index (χ3n) is 3.59. The average molecular weight is 327 g/mol. The molecule has 0 saturated heterocycles. The summed E-state index contributed by atoms with van der Waals surface area (Å²) in [6.07, 6.45) is 4.63. The van der Waals surface area contributed by atoms with Crippen LogP contribution in [0, 0.1) is 0 Å². The summed E-state index contributed by atoms with van der Waals surface area (Å²) in [5, 5.41) is 0. The minimum atomic E-state index is 0. The first-order chi connectivity index (χ1) is 9.25. The van der Waals surface area contributed by atoms with Gasteiger partial charge in [0.15, 0.2) is 0 Å². The number of benzene rings is 1. The minimum Gasteiger partial charge on any atom is -0.372 e. The van der Waals surface area contributed by atoms with Gasteiger partial charge >= 0.3 is 0 Å². The fourth-order valence-electron chi connectivity index (χ4n) is 2.62. The van der Waals surface area contributed by atoms with Gasteiger partial charge in [-0.2, -0.15) is 0 Å². The van der Waals surface area contributed by atoms with Crippen molar-refractivity contribution >= 4 is 24.8 Å². The monoisotopic (exact) mass is 326 g/mol. The second-order valence-electron chi connectivity index (χ2n) is 5.06. The molecule has 2 heterocycles. The van der Waals surface area contributed by atoms with Crippen LogP contribution in [0.4, 0.5) is 0 Å². The van der Waals surface area contributed by atoms with E-state index in [4.69, 9.17) is 10.5 Å². The van der Waals surface area contributed by atoms with E-state index in [1.807, 2.05) is 19.2 Å². The Morgan fingerprint density at radius 2 is 2.05 bits per heavy atom. The van der Waals surface area contributed by atoms with E-state index in [1.54, 1.807) is 6.20 Å². The van der Waals surface area contributed by atoms with Crippen LogP contribution in [-0.2, 0) is 11.2 Å². The van der Waals surface area contributed by atoms with Gasteiger partial charge in [0, 0.05) is 18.4 Å². The number of nitrogens with two attached hydrogens (primary N) is 1. The molecule has 1 unspecified atom stereocenters. The van der Waals surface area contributed by atoms with Gasteiger partial charge < -0.3 is 10.5 Å². The van der Waals surface area contributed by atoms with Gasteiger partial charge in [-0.25, -0.2) is 0 Å². The van der Waals surface area contributed by atoms with Gasteiger partial charge in [-0.05, 0) is 47.7 Å². The van der Waals surface area contributed by atoms with Crippen molar-refractivity contribution in [2.75, 3.05) is 6.61 Å². The van der Waals surface area contributed by atoms with Crippen molar-refractivity contribution in [3.8, 4) is 11.1 Å². The molecule has 0 bridgehead atoms. The van der Waals surface area contributed by atoms with Gasteiger partial charge in [-0.15, -0.1) is 24.8 Å². The first kappa shape index (κ1) is 17.9. The Balaban J connectivity index is 0.00000110. The van der Waals surface area contributed by atoms with Crippen molar-refractivity contribution < 1.29 is 4.74 Å². The van der Waals surface area contributed by atoms with Gasteiger partial charge in [0.1, 0.15) is 0 Å². The van der Waals surface area contributed by atoms with Crippen LogP contribution in [0.5, 0.6) is 0 Å². The van der Waals surface area contributed by atoms with Gasteiger partial charge in [0.2, 0.25) is 0 Å². The first-order valence-electron chi connectivity index (χ1n) is 6.66. The number of ether oxygens (including phenoxy) is 1. The lowest BCUT2D eigenvalue weighted by Crippen LogP contribution is -2.31. The van der Waals surface area contributed by atoms with Crippen molar-refractivity contribution in [1.29, 1.82) is 0 Å². The Morgan fingerprint density at radius 1 is 1.24 bits per heavy atom. The molecule has 0 spiro atoms. The molecule has 5 heteroatoms. The standard InChI is InChI=1S/C16H18N2O.2ClH/c1-11(17)16-15-9-13(14-3-2-7-18-10-14)5-4-12(15)6-8-19-16;;/h2-5,7,9-11,16H,6,8,17H2,1H3;2*1H/t11-,16?;;/m0../s1. The Hall–Kier alpha value is -1.13. The lowest BCUT2D eigenvalue weighted by atomic mass is 9.91. The number of pyridine rings is 1. The summed E-state index contributed by atoms with van der Waals surface area (Å²) >= 11 is 0. The zero-order valence-electron chi connectivity index (χ0n) is 11.9. The SMILES string of the molecule is C[C@H](N)C1OCCc2ccc(-c3cccnc3)cc21.Cl.Cl. The predicted molar refractivity (Wildman–Crippen MR) is 90.2 cm³/mol. The molecular weight excluding hydrogens is 307 g/mol. The minimum absolute atomic E-state index is 0. The molecule has 1 aromatic heterocycles. The van der Waals surface area contributed by atoms with Crippen LogP contribution in [0.1, 0.15) is 24.2 Å². The summed E-state index contributed by atoms with van der Waals surface area (Å²) in [6.45, 7) is 2.75. The van der Waals surface area contributed by atoms with E-state index in [0.29, 0.717) is 0 Å². The largest absolute Gasteiger partial charge is 0.372 e. The molecule has 1 aliphatic rings. The third-order valence-corrected chi connectivity index (χ3v) is 3.59. The summed E-state index contributed by atoms with van der Waals surface area (Å²) in [5.74, 6) is 0. The molecule has 21 heavy (non-hydrogen) atoms. The molecule has 3 nitrogen and oxygen atoms in total. The molecule has 2 atom stereocenters. The second kappa shape index (κ2) is 7.76. The van der Waals surface area contributed by atoms with E-state index < -0.39 is 0 Å². The van der Waals surface area contributed by atoms with Crippen LogP contribution in [0.3, 0.4) is 0 Å². The summed E-state index contributed by atoms with van der Waals surface area (Å²) in [7, 11) is 0. The Morgan fingerprint density at radius 3 is 2.71 bits per heavy atom. The van der Waals surface area contributed by atoms with Crippen LogP contribution in [-0.4, -0.2) is 17.6 Å². The summed E-state index contributed by atoms with van der Waals surface area (Å²) < 4.78 is 5.82. The van der Waals surface area contributed by atoms with Gasteiger partial charge in [-0.3, -0.25) is 4.98 Å². The van der Waals surface area contributed by atoms with Crippen LogP contribution in [0.2, 0.25) is 0 Å². The maximum Gasteiger partial charge on any atom is 0.0975 e. The fourth-order valence-corrected chi connectivity index (χ4v) is 2.62. The topological polar surface area (TPSA) is 48.1 Å². The number of rotatable bonds is 2. The number of fused-ring (bicyclic) bond motifs is 1. The normalized spacial score (nSPS) is 17.9. The lowest BCUT2D eigenvalue weighted by Gasteiger charge is -2.29. The molecule has 3 rings (SSSR count). The van der Waals surface area contributed by atoms with Crippen molar-refractivity contribution in [2.24, 2.45) is 5.73 Å². The van der Waals surface area contributed by atoms with Gasteiger partial charge in [-0.1, -0.05) is 18.2 Å². The van der Waals surface area contributed by atoms with E-state index in [1.165, 1.54) is 16.7 Å². The molecule has 2 N–H and O–H groups in total. The highest BCUT2D eigenvalue weighted by Crippen LogP contribution is 2.32. The molecule has 0 amide bonds. The maximum atomic E-state index is 6.03. The molecule has 114 valence electrons. The average Bonchev–Trinajstić information content (AvgIpc) is 2.47. The van der Waals surface area contributed by atoms with Crippen LogP contribution >= 0.6 is 24.8 Å². The van der Waals surface area contributed by atoms with Gasteiger partial charge in [0.25, 0.3) is 0 Å². The number of halogens is 2. The fraction of sp³-hybridized carbons (Fsp3) is 0.312. The van der Waals surface area contributed by atoms with E-state index in [0.717, 1.165) is 18.6 Å². The Labute approximate surface area is 137 Å². The molecule has 0 radical (unpaired) electrons. The quantitative estimate of drug-likeness (QED) is 0.917. The molecule has 1 aliphatic heterocycles. The van der Waals surface area contributed by atoms with Crippen LogP contribution in [0.25, 0.3) is 11.1 Å². The smallest absolute Gasteiger partial charge is 0.0975 e. The van der Waals surface area contributed by atoms with E-state index in [-0.39, 0.29) is 37.0 Å². The van der Waals surface area contributed by atoms with Crippen molar-refractivity contribution in [2.45, 2.75) is 25.5 Å². The van der Waals surface area contributed by atoms with Crippen LogP contribution < -0.4 is 5.73 Å². The summed E-state index contributed by atoms with van der Waals surface area (Å²) in [4.78, 5) is 4.17. The zero-order valence-corrected chi connectivity index (χ0v) is 13.5. The second-order valence-corrected chi connectivity index (χ2v) is 5.06. The summed E-state index contributed by atoms with van der Waals surface area (Å²) in [5.41, 5.74) is 10.9. The molecule has 1 aromatic carbocycles. The molecule has 0 saturated carbocycles. The number of hydrogen-bond donors (Lipinski definition) is 1. The van der Waals surface area contributed by atoms with Crippen molar-refractivity contribution in [3.05, 3.63) is 53.9 Å². The highest BCUT2D eigenvalue weighted by atomic mass is 35.5. The number of hydrogen-bond acceptors (Lipinski definition) is 3. The maximum absolute atomic E-state index is 6.03. The highest BCUT2D eigenvalue weighted by Gasteiger charge is 2.24. The third kappa shape index (κ3) is 3.74. The van der Waals surface area contributed by atoms with E-state index in [9.17, 15) is 0 Å². The molecule has 0 fully saturated rings. The van der Waals surface area contributed by atoms with Crippen LogP contribution in [0.15, 0.2) is 42.7 Å². The molecule has 0 aliphatic carbocycles. The highest BCUT2D eigenvalue weighted by molar-refractivity contribution is 5.85. The van der Waals surface area contributed by atoms with E-state index >= 15 is 0 Å². The number of nitrogens with zero attached hydrogens (tertiary/aromatic N) is 1. The molecular formula is C16H20Cl2N2O. The summed E-state index contributed by atoms with van der Waals surface area (Å²) in [6, 6.07) is 10.6. The van der Waals surface area contributed by atoms with E-state index in [2.05, 4.69) is 29.2 Å². The van der Waals surface area contributed by atoms with Crippen molar-refractivity contribution in [1.82, 2.24) is 4.98 Å². The lowest BCUT2D eigenvalue weighted by molar-refractivity contribution is 0.0285.